The van der Waals surface area contributed by atoms with Crippen LogP contribution >= 0.6 is 0 Å². The molecule has 0 unspecified atom stereocenters. The van der Waals surface area contributed by atoms with E-state index in [1.165, 1.54) is 31.3 Å². The van der Waals surface area contributed by atoms with Crippen molar-refractivity contribution in [1.29, 1.82) is 0 Å². The number of esters is 1. The molecule has 3 aliphatic rings. The molecule has 0 amide bonds. The Labute approximate surface area is 135 Å². The van der Waals surface area contributed by atoms with Gasteiger partial charge in [-0.15, -0.1) is 0 Å². The molecule has 1 aliphatic heterocycles. The quantitative estimate of drug-likeness (QED) is 0.539. The zero-order valence-corrected chi connectivity index (χ0v) is 14.6. The molecule has 3 rings (SSSR count). The molecule has 3 atom stereocenters. The van der Waals surface area contributed by atoms with Gasteiger partial charge in [0.15, 0.2) is 0 Å². The third-order valence-corrected chi connectivity index (χ3v) is 6.77. The molecule has 2 nitrogen and oxygen atoms in total. The smallest absolute Gasteiger partial charge is 0.331 e. The monoisotopic (exact) mass is 302 g/mol. The standard InChI is InChI=1S/C20H30O2/c1-14-6-9-17-19(2,3)10-5-11-20(17,4)16(14)8-7-15-12-18(21)22-13-15/h6,12,16-17H,5,7-11,13H2,1-4H3/t16-,17+,20+/m1/s1. The highest BCUT2D eigenvalue weighted by Gasteiger charge is 2.51. The summed E-state index contributed by atoms with van der Waals surface area (Å²) in [4.78, 5) is 11.2. The Morgan fingerprint density at radius 3 is 2.73 bits per heavy atom. The van der Waals surface area contributed by atoms with Crippen LogP contribution in [0, 0.1) is 22.7 Å². The largest absolute Gasteiger partial charge is 0.458 e. The Hall–Kier alpha value is -1.05. The predicted molar refractivity (Wildman–Crippen MR) is 89.4 cm³/mol. The van der Waals surface area contributed by atoms with Crippen LogP contribution < -0.4 is 0 Å². The van der Waals surface area contributed by atoms with Crippen molar-refractivity contribution in [2.75, 3.05) is 6.61 Å². The van der Waals surface area contributed by atoms with Gasteiger partial charge < -0.3 is 4.74 Å². The first-order valence-corrected chi connectivity index (χ1v) is 8.86. The van der Waals surface area contributed by atoms with Gasteiger partial charge in [-0.3, -0.25) is 0 Å². The first kappa shape index (κ1) is 15.8. The van der Waals surface area contributed by atoms with Gasteiger partial charge in [-0.05, 0) is 67.3 Å². The van der Waals surface area contributed by atoms with Crippen LogP contribution in [-0.2, 0) is 9.53 Å². The van der Waals surface area contributed by atoms with Gasteiger partial charge in [-0.25, -0.2) is 4.79 Å². The summed E-state index contributed by atoms with van der Waals surface area (Å²) in [6.07, 6.45) is 11.7. The zero-order chi connectivity index (χ0) is 16.0. The fraction of sp³-hybridized carbons (Fsp3) is 0.750. The van der Waals surface area contributed by atoms with Crippen LogP contribution in [-0.4, -0.2) is 12.6 Å². The number of carbonyl (C=O) groups excluding carboxylic acids is 1. The Bertz CT molecular complexity index is 526. The van der Waals surface area contributed by atoms with Crippen LogP contribution in [0.5, 0.6) is 0 Å². The highest BCUT2D eigenvalue weighted by atomic mass is 16.5. The number of hydrogen-bond acceptors (Lipinski definition) is 2. The molecule has 0 saturated heterocycles. The average Bonchev–Trinajstić information content (AvgIpc) is 2.82. The predicted octanol–water partition coefficient (Wildman–Crippen LogP) is 5.05. The Morgan fingerprint density at radius 2 is 2.05 bits per heavy atom. The minimum atomic E-state index is -0.159. The first-order valence-electron chi connectivity index (χ1n) is 8.86. The van der Waals surface area contributed by atoms with Crippen molar-refractivity contribution in [3.63, 3.8) is 0 Å². The van der Waals surface area contributed by atoms with Crippen molar-refractivity contribution in [3.8, 4) is 0 Å². The molecular weight excluding hydrogens is 272 g/mol. The van der Waals surface area contributed by atoms with Crippen molar-refractivity contribution in [3.05, 3.63) is 23.3 Å². The van der Waals surface area contributed by atoms with Gasteiger partial charge in [0.1, 0.15) is 6.61 Å². The molecule has 0 bridgehead atoms. The summed E-state index contributed by atoms with van der Waals surface area (Å²) >= 11 is 0. The van der Waals surface area contributed by atoms with E-state index in [-0.39, 0.29) is 5.97 Å². The van der Waals surface area contributed by atoms with E-state index in [9.17, 15) is 4.79 Å². The minimum absolute atomic E-state index is 0.159. The number of rotatable bonds is 3. The van der Waals surface area contributed by atoms with Crippen LogP contribution in [0.25, 0.3) is 0 Å². The number of carbonyl (C=O) groups is 1. The van der Waals surface area contributed by atoms with Gasteiger partial charge in [0.2, 0.25) is 0 Å². The lowest BCUT2D eigenvalue weighted by Gasteiger charge is -2.57. The molecule has 122 valence electrons. The molecule has 1 heterocycles. The molecule has 22 heavy (non-hydrogen) atoms. The topological polar surface area (TPSA) is 26.3 Å². The molecule has 0 aromatic carbocycles. The summed E-state index contributed by atoms with van der Waals surface area (Å²) < 4.78 is 5.05. The van der Waals surface area contributed by atoms with Crippen LogP contribution in [0.1, 0.15) is 66.2 Å². The molecule has 0 N–H and O–H groups in total. The fourth-order valence-electron chi connectivity index (χ4n) is 5.58. The van der Waals surface area contributed by atoms with E-state index in [0.29, 0.717) is 23.4 Å². The fourth-order valence-corrected chi connectivity index (χ4v) is 5.58. The van der Waals surface area contributed by atoms with Crippen molar-refractivity contribution in [1.82, 2.24) is 0 Å². The van der Waals surface area contributed by atoms with E-state index in [0.717, 1.165) is 18.8 Å². The molecule has 0 radical (unpaired) electrons. The summed E-state index contributed by atoms with van der Waals surface area (Å²) in [5.74, 6) is 1.29. The SMILES string of the molecule is CC1=CC[C@H]2C(C)(C)CCC[C@@]2(C)[C@@H]1CCC1=CC(=O)OC1. The van der Waals surface area contributed by atoms with Crippen molar-refractivity contribution in [2.45, 2.75) is 66.2 Å². The summed E-state index contributed by atoms with van der Waals surface area (Å²) in [6.45, 7) is 10.3. The van der Waals surface area contributed by atoms with Crippen molar-refractivity contribution in [2.24, 2.45) is 22.7 Å². The Kier molecular flexibility index (Phi) is 3.99. The third-order valence-electron chi connectivity index (χ3n) is 6.77. The molecule has 2 heteroatoms. The summed E-state index contributed by atoms with van der Waals surface area (Å²) in [7, 11) is 0. The van der Waals surface area contributed by atoms with E-state index in [1.807, 2.05) is 0 Å². The molecule has 0 aromatic heterocycles. The van der Waals surface area contributed by atoms with Crippen LogP contribution in [0.4, 0.5) is 0 Å². The van der Waals surface area contributed by atoms with Gasteiger partial charge in [-0.1, -0.05) is 38.8 Å². The third kappa shape index (κ3) is 2.66. The van der Waals surface area contributed by atoms with E-state index in [1.54, 1.807) is 11.6 Å². The van der Waals surface area contributed by atoms with Gasteiger partial charge in [0, 0.05) is 6.08 Å². The molecule has 2 aliphatic carbocycles. The lowest BCUT2D eigenvalue weighted by molar-refractivity contribution is -0.134. The highest BCUT2D eigenvalue weighted by molar-refractivity contribution is 5.85. The number of allylic oxidation sites excluding steroid dienone is 2. The second-order valence-corrected chi connectivity index (χ2v) is 8.59. The minimum Gasteiger partial charge on any atom is -0.458 e. The van der Waals surface area contributed by atoms with Gasteiger partial charge >= 0.3 is 5.97 Å². The number of fused-ring (bicyclic) bond motifs is 1. The van der Waals surface area contributed by atoms with Crippen LogP contribution in [0.15, 0.2) is 23.3 Å². The normalized spacial score (nSPS) is 37.2. The lowest BCUT2D eigenvalue weighted by atomic mass is 9.48. The van der Waals surface area contributed by atoms with Crippen LogP contribution in [0.3, 0.4) is 0 Å². The van der Waals surface area contributed by atoms with E-state index in [2.05, 4.69) is 33.8 Å². The van der Waals surface area contributed by atoms with Gasteiger partial charge in [0.25, 0.3) is 0 Å². The molecular formula is C20H30O2. The first-order chi connectivity index (χ1) is 10.3. The van der Waals surface area contributed by atoms with Crippen LogP contribution in [0.2, 0.25) is 0 Å². The second kappa shape index (κ2) is 5.54. The lowest BCUT2D eigenvalue weighted by Crippen LogP contribution is -2.48. The molecule has 1 saturated carbocycles. The number of cyclic esters (lactones) is 1. The molecule has 0 aromatic rings. The highest BCUT2D eigenvalue weighted by Crippen LogP contribution is 2.60. The second-order valence-electron chi connectivity index (χ2n) is 8.59. The Balaban J connectivity index is 1.79. The van der Waals surface area contributed by atoms with E-state index in [4.69, 9.17) is 4.74 Å². The molecule has 0 spiro atoms. The van der Waals surface area contributed by atoms with E-state index < -0.39 is 0 Å². The van der Waals surface area contributed by atoms with Gasteiger partial charge in [0.05, 0.1) is 0 Å². The van der Waals surface area contributed by atoms with Crippen molar-refractivity contribution >= 4 is 5.97 Å². The summed E-state index contributed by atoms with van der Waals surface area (Å²) in [5.41, 5.74) is 3.62. The maximum absolute atomic E-state index is 11.2. The van der Waals surface area contributed by atoms with Gasteiger partial charge in [-0.2, -0.15) is 0 Å². The zero-order valence-electron chi connectivity index (χ0n) is 14.6. The summed E-state index contributed by atoms with van der Waals surface area (Å²) in [6, 6.07) is 0. The molecule has 1 fully saturated rings. The average molecular weight is 302 g/mol. The number of hydrogen-bond donors (Lipinski definition) is 0. The Morgan fingerprint density at radius 1 is 1.27 bits per heavy atom. The van der Waals surface area contributed by atoms with Crippen molar-refractivity contribution < 1.29 is 9.53 Å². The number of ether oxygens (including phenoxy) is 1. The maximum atomic E-state index is 11.2. The van der Waals surface area contributed by atoms with E-state index >= 15 is 0 Å². The summed E-state index contributed by atoms with van der Waals surface area (Å²) in [5, 5.41) is 0. The maximum Gasteiger partial charge on any atom is 0.331 e.